The fraction of sp³-hybridized carbons (Fsp3) is 0.375. The van der Waals surface area contributed by atoms with Crippen molar-refractivity contribution in [1.29, 1.82) is 0 Å². The Morgan fingerprint density at radius 2 is 2.00 bits per heavy atom. The average molecular weight is 535 g/mol. The van der Waals surface area contributed by atoms with Gasteiger partial charge in [-0.2, -0.15) is 0 Å². The van der Waals surface area contributed by atoms with E-state index in [1.807, 2.05) is 49.4 Å². The van der Waals surface area contributed by atoms with Crippen molar-refractivity contribution in [3.05, 3.63) is 66.5 Å². The van der Waals surface area contributed by atoms with E-state index in [4.69, 9.17) is 9.72 Å². The van der Waals surface area contributed by atoms with Crippen LogP contribution >= 0.6 is 0 Å². The highest BCUT2D eigenvalue weighted by molar-refractivity contribution is 6.04. The molecule has 0 unspecified atom stereocenters. The van der Waals surface area contributed by atoms with Crippen LogP contribution in [-0.4, -0.2) is 40.0 Å². The number of ether oxygens (including phenoxy) is 1. The van der Waals surface area contributed by atoms with E-state index in [0.717, 1.165) is 59.2 Å². The van der Waals surface area contributed by atoms with Crippen LogP contribution < -0.4 is 20.7 Å². The number of carbonyl (C=O) groups excluding carboxylic acids is 1. The molecule has 1 saturated heterocycles. The number of nitrogens with zero attached hydrogens (tertiary/aromatic N) is 3. The lowest BCUT2D eigenvalue weighted by atomic mass is 10.0. The zero-order valence-corrected chi connectivity index (χ0v) is 22.7. The van der Waals surface area contributed by atoms with E-state index >= 15 is 0 Å². The highest BCUT2D eigenvalue weighted by Gasteiger charge is 2.62. The largest absolute Gasteiger partial charge is 0.437 e. The molecule has 3 aliphatic rings. The Bertz CT molecular complexity index is 1580. The van der Waals surface area contributed by atoms with Crippen LogP contribution in [0.4, 0.5) is 11.6 Å². The van der Waals surface area contributed by atoms with E-state index in [-0.39, 0.29) is 5.91 Å². The fourth-order valence-corrected chi connectivity index (χ4v) is 6.10. The molecule has 3 fully saturated rings. The Labute approximate surface area is 234 Å². The number of anilines is 2. The van der Waals surface area contributed by atoms with Gasteiger partial charge in [-0.25, -0.2) is 15.0 Å². The van der Waals surface area contributed by atoms with Crippen LogP contribution in [0.2, 0.25) is 0 Å². The third-order valence-electron chi connectivity index (χ3n) is 8.70. The van der Waals surface area contributed by atoms with Gasteiger partial charge in [0.2, 0.25) is 17.7 Å². The summed E-state index contributed by atoms with van der Waals surface area (Å²) in [6.45, 7) is 3.98. The zero-order valence-electron chi connectivity index (χ0n) is 22.7. The molecule has 2 aromatic carbocycles. The predicted octanol–water partition coefficient (Wildman–Crippen LogP) is 6.09. The monoisotopic (exact) mass is 534 g/mol. The number of piperidine rings is 1. The molecular weight excluding hydrogens is 500 g/mol. The van der Waals surface area contributed by atoms with Crippen LogP contribution in [0.5, 0.6) is 11.6 Å². The van der Waals surface area contributed by atoms with Crippen LogP contribution in [0.15, 0.2) is 60.9 Å². The number of amides is 1. The van der Waals surface area contributed by atoms with Crippen LogP contribution in [-0.2, 0) is 4.79 Å². The minimum absolute atomic E-state index is 0.0912. The van der Waals surface area contributed by atoms with E-state index in [9.17, 15) is 4.79 Å². The second-order valence-electron chi connectivity index (χ2n) is 11.5. The highest BCUT2D eigenvalue weighted by atomic mass is 16.5. The molecule has 8 nitrogen and oxygen atoms in total. The molecule has 4 aromatic rings. The zero-order chi connectivity index (χ0) is 27.1. The SMILES string of the molecule is Cc1ccc2c(NC(=O)C[C@@H]3CC34CC4)cccc2c1Oc1ncccc1-c1ccnc(N[C@H]2CCCNC2)n1. The predicted molar refractivity (Wildman–Crippen MR) is 157 cm³/mol. The summed E-state index contributed by atoms with van der Waals surface area (Å²) in [6, 6.07) is 16.1. The maximum absolute atomic E-state index is 12.8. The van der Waals surface area contributed by atoms with Crippen molar-refractivity contribution < 1.29 is 9.53 Å². The van der Waals surface area contributed by atoms with Gasteiger partial charge >= 0.3 is 0 Å². The Hall–Kier alpha value is -4.04. The summed E-state index contributed by atoms with van der Waals surface area (Å²) in [5.74, 6) is 2.44. The van der Waals surface area contributed by atoms with E-state index in [1.54, 1.807) is 12.4 Å². The minimum atomic E-state index is 0.0912. The van der Waals surface area contributed by atoms with Crippen molar-refractivity contribution >= 4 is 28.3 Å². The van der Waals surface area contributed by atoms with Crippen LogP contribution in [0.3, 0.4) is 0 Å². The van der Waals surface area contributed by atoms with Gasteiger partial charge in [0.05, 0.1) is 11.3 Å². The van der Waals surface area contributed by atoms with Gasteiger partial charge in [0, 0.05) is 47.9 Å². The Kier molecular flexibility index (Phi) is 6.35. The summed E-state index contributed by atoms with van der Waals surface area (Å²) in [5, 5.41) is 11.9. The van der Waals surface area contributed by atoms with Crippen LogP contribution in [0.25, 0.3) is 22.0 Å². The second kappa shape index (κ2) is 10.2. The van der Waals surface area contributed by atoms with Crippen molar-refractivity contribution in [2.24, 2.45) is 11.3 Å². The second-order valence-corrected chi connectivity index (χ2v) is 11.5. The van der Waals surface area contributed by atoms with Crippen LogP contribution in [0, 0.1) is 18.3 Å². The lowest BCUT2D eigenvalue weighted by Crippen LogP contribution is -2.38. The first kappa shape index (κ1) is 25.0. The molecule has 1 spiro atoms. The number of pyridine rings is 1. The molecular formula is C32H34N6O2. The first-order chi connectivity index (χ1) is 19.6. The lowest BCUT2D eigenvalue weighted by Gasteiger charge is -2.23. The van der Waals surface area contributed by atoms with Crippen molar-refractivity contribution in [3.8, 4) is 22.9 Å². The van der Waals surface area contributed by atoms with Gasteiger partial charge in [-0.1, -0.05) is 24.3 Å². The maximum Gasteiger partial charge on any atom is 0.228 e. The van der Waals surface area contributed by atoms with E-state index in [0.29, 0.717) is 41.4 Å². The van der Waals surface area contributed by atoms with Gasteiger partial charge in [0.25, 0.3) is 0 Å². The number of hydrogen-bond donors (Lipinski definition) is 3. The first-order valence-electron chi connectivity index (χ1n) is 14.3. The smallest absolute Gasteiger partial charge is 0.228 e. The molecule has 2 atom stereocenters. The molecule has 1 aliphatic heterocycles. The van der Waals surface area contributed by atoms with Gasteiger partial charge in [-0.15, -0.1) is 0 Å². The molecule has 40 heavy (non-hydrogen) atoms. The van der Waals surface area contributed by atoms with Gasteiger partial charge in [0.1, 0.15) is 5.75 Å². The molecule has 0 radical (unpaired) electrons. The Morgan fingerprint density at radius 3 is 2.83 bits per heavy atom. The summed E-state index contributed by atoms with van der Waals surface area (Å²) in [7, 11) is 0. The number of benzene rings is 2. The molecule has 0 bridgehead atoms. The minimum Gasteiger partial charge on any atom is -0.437 e. The van der Waals surface area contributed by atoms with Crippen molar-refractivity contribution in [2.45, 2.75) is 51.5 Å². The molecule has 3 heterocycles. The summed E-state index contributed by atoms with van der Waals surface area (Å²) in [5.41, 5.74) is 3.83. The van der Waals surface area contributed by atoms with Gasteiger partial charge in [-0.05, 0) is 86.7 Å². The molecule has 1 amide bonds. The summed E-state index contributed by atoms with van der Waals surface area (Å²) in [6.07, 6.45) is 10.1. The number of nitrogens with one attached hydrogen (secondary N) is 3. The van der Waals surface area contributed by atoms with Gasteiger partial charge < -0.3 is 20.7 Å². The van der Waals surface area contributed by atoms with Crippen molar-refractivity contribution in [3.63, 3.8) is 0 Å². The molecule has 2 aromatic heterocycles. The normalized spacial score (nSPS) is 20.7. The summed E-state index contributed by atoms with van der Waals surface area (Å²) >= 11 is 0. The Morgan fingerprint density at radius 1 is 1.07 bits per heavy atom. The Balaban J connectivity index is 1.16. The number of rotatable bonds is 8. The lowest BCUT2D eigenvalue weighted by molar-refractivity contribution is -0.116. The van der Waals surface area contributed by atoms with E-state index in [1.165, 1.54) is 19.3 Å². The number of hydrogen-bond acceptors (Lipinski definition) is 7. The molecule has 2 aliphatic carbocycles. The van der Waals surface area contributed by atoms with Gasteiger partial charge in [0.15, 0.2) is 0 Å². The molecule has 3 N–H and O–H groups in total. The third kappa shape index (κ3) is 4.99. The van der Waals surface area contributed by atoms with Gasteiger partial charge in [-0.3, -0.25) is 4.79 Å². The summed E-state index contributed by atoms with van der Waals surface area (Å²) in [4.78, 5) is 26.7. The molecule has 7 rings (SSSR count). The molecule has 2 saturated carbocycles. The molecule has 204 valence electrons. The van der Waals surface area contributed by atoms with Crippen molar-refractivity contribution in [2.75, 3.05) is 23.7 Å². The van der Waals surface area contributed by atoms with Crippen LogP contribution in [0.1, 0.15) is 44.1 Å². The third-order valence-corrected chi connectivity index (χ3v) is 8.70. The van der Waals surface area contributed by atoms with Crippen molar-refractivity contribution in [1.82, 2.24) is 20.3 Å². The maximum atomic E-state index is 12.8. The average Bonchev–Trinajstić information content (AvgIpc) is 3.89. The highest BCUT2D eigenvalue weighted by Crippen LogP contribution is 2.71. The standard InChI is InChI=1S/C32H34N6O2/c1-20-9-10-23-24(6-2-8-26(23)37-28(39)17-21-18-32(21)12-13-32)29(20)40-30-25(7-4-15-34-30)27-11-16-35-31(38-27)36-22-5-3-14-33-19-22/h2,4,6-11,15-16,21-22,33H,3,5,12-14,17-19H2,1H3,(H,37,39)(H,35,36,38)/t21-,22+/m1/s1. The number of aromatic nitrogens is 3. The first-order valence-corrected chi connectivity index (χ1v) is 14.3. The van der Waals surface area contributed by atoms with E-state index < -0.39 is 0 Å². The van der Waals surface area contributed by atoms with E-state index in [2.05, 4.69) is 32.0 Å². The fourth-order valence-electron chi connectivity index (χ4n) is 6.10. The molecule has 8 heteroatoms. The topological polar surface area (TPSA) is 101 Å². The summed E-state index contributed by atoms with van der Waals surface area (Å²) < 4.78 is 6.55. The number of fused-ring (bicyclic) bond motifs is 1. The quantitative estimate of drug-likeness (QED) is 0.252. The number of carbonyl (C=O) groups is 1. The number of aryl methyl sites for hydroxylation is 1.